The lowest BCUT2D eigenvalue weighted by molar-refractivity contribution is -0.133. The molecule has 1 amide bonds. The van der Waals surface area contributed by atoms with Crippen LogP contribution >= 0.6 is 0 Å². The molecular formula is C21H23N5O2. The predicted octanol–water partition coefficient (Wildman–Crippen LogP) is 3.49. The number of anilines is 1. The molecule has 2 aromatic heterocycles. The van der Waals surface area contributed by atoms with Crippen LogP contribution in [0.2, 0.25) is 0 Å². The van der Waals surface area contributed by atoms with Crippen LogP contribution in [0.5, 0.6) is 0 Å². The molecule has 0 bridgehead atoms. The third kappa shape index (κ3) is 3.21. The van der Waals surface area contributed by atoms with Gasteiger partial charge in [-0.25, -0.2) is 0 Å². The molecule has 1 N–H and O–H groups in total. The highest BCUT2D eigenvalue weighted by atomic mass is 16.4. The number of hydrogen-bond donors (Lipinski definition) is 1. The number of pyridine rings is 1. The lowest BCUT2D eigenvalue weighted by Crippen LogP contribution is -2.45. The fourth-order valence-electron chi connectivity index (χ4n) is 3.99. The largest absolute Gasteiger partial charge is 0.403 e. The van der Waals surface area contributed by atoms with Crippen molar-refractivity contribution in [3.05, 3.63) is 36.5 Å². The number of nitrogens with one attached hydrogen (secondary N) is 1. The van der Waals surface area contributed by atoms with Crippen molar-refractivity contribution in [3.63, 3.8) is 0 Å². The van der Waals surface area contributed by atoms with Crippen molar-refractivity contribution in [1.82, 2.24) is 20.1 Å². The molecule has 3 heterocycles. The number of benzene rings is 1. The van der Waals surface area contributed by atoms with Crippen molar-refractivity contribution in [2.24, 2.45) is 5.41 Å². The molecule has 1 spiro atoms. The Balaban J connectivity index is 1.25. The zero-order valence-corrected chi connectivity index (χ0v) is 15.9. The van der Waals surface area contributed by atoms with Crippen LogP contribution in [0.25, 0.3) is 22.4 Å². The topological polar surface area (TPSA) is 84.1 Å². The van der Waals surface area contributed by atoms with E-state index in [0.29, 0.717) is 11.3 Å². The van der Waals surface area contributed by atoms with Crippen molar-refractivity contribution < 1.29 is 9.21 Å². The summed E-state index contributed by atoms with van der Waals surface area (Å²) in [5, 5.41) is 12.2. The summed E-state index contributed by atoms with van der Waals surface area (Å²) in [6, 6.07) is 9.68. The molecule has 1 saturated heterocycles. The van der Waals surface area contributed by atoms with Crippen LogP contribution in [0.4, 0.5) is 6.01 Å². The number of hydrogen-bond acceptors (Lipinski definition) is 6. The molecule has 0 unspecified atom stereocenters. The summed E-state index contributed by atoms with van der Waals surface area (Å²) in [5.41, 5.74) is 2.23. The van der Waals surface area contributed by atoms with Crippen LogP contribution in [0.1, 0.15) is 32.6 Å². The average molecular weight is 377 g/mol. The third-order valence-electron chi connectivity index (χ3n) is 6.07. The molecule has 7 heteroatoms. The van der Waals surface area contributed by atoms with Crippen molar-refractivity contribution in [2.75, 3.05) is 18.4 Å². The van der Waals surface area contributed by atoms with E-state index in [0.717, 1.165) is 42.4 Å². The number of carbonyl (C=O) groups excluding carboxylic acids is 1. The minimum absolute atomic E-state index is 0.0858. The quantitative estimate of drug-likeness (QED) is 0.749. The van der Waals surface area contributed by atoms with Crippen molar-refractivity contribution in [1.29, 1.82) is 0 Å². The van der Waals surface area contributed by atoms with Gasteiger partial charge in [-0.3, -0.25) is 9.78 Å². The Morgan fingerprint density at radius 1 is 1.18 bits per heavy atom. The van der Waals surface area contributed by atoms with Gasteiger partial charge in [-0.2, -0.15) is 0 Å². The highest BCUT2D eigenvalue weighted by Crippen LogP contribution is 2.53. The van der Waals surface area contributed by atoms with Gasteiger partial charge < -0.3 is 14.6 Å². The summed E-state index contributed by atoms with van der Waals surface area (Å²) >= 11 is 0. The highest BCUT2D eigenvalue weighted by Gasteiger charge is 2.45. The molecule has 5 rings (SSSR count). The number of para-hydroxylation sites is 1. The molecule has 2 aliphatic rings. The first-order valence-corrected chi connectivity index (χ1v) is 9.86. The second-order valence-corrected chi connectivity index (χ2v) is 8.02. The molecule has 0 radical (unpaired) electrons. The molecule has 28 heavy (non-hydrogen) atoms. The first-order valence-electron chi connectivity index (χ1n) is 9.86. The Kier molecular flexibility index (Phi) is 4.03. The molecule has 1 aliphatic carbocycles. The second kappa shape index (κ2) is 6.58. The fourth-order valence-corrected chi connectivity index (χ4v) is 3.99. The predicted molar refractivity (Wildman–Crippen MR) is 106 cm³/mol. The zero-order valence-electron chi connectivity index (χ0n) is 15.9. The van der Waals surface area contributed by atoms with Gasteiger partial charge in [-0.15, -0.1) is 5.10 Å². The number of amides is 1. The van der Waals surface area contributed by atoms with Crippen molar-refractivity contribution >= 4 is 22.8 Å². The van der Waals surface area contributed by atoms with E-state index in [4.69, 9.17) is 4.42 Å². The molecule has 3 aromatic rings. The van der Waals surface area contributed by atoms with E-state index in [1.54, 1.807) is 6.20 Å². The normalized spacial score (nSPS) is 19.0. The lowest BCUT2D eigenvalue weighted by atomic mass is 9.93. The number of likely N-dealkylation sites (tertiary alicyclic amines) is 1. The van der Waals surface area contributed by atoms with Gasteiger partial charge in [-0.1, -0.05) is 23.3 Å². The first kappa shape index (κ1) is 17.2. The highest BCUT2D eigenvalue weighted by molar-refractivity contribution is 5.84. The number of piperidine rings is 1. The Hall–Kier alpha value is -2.96. The molecular weight excluding hydrogens is 354 g/mol. The Labute approximate surface area is 163 Å². The zero-order chi connectivity index (χ0) is 19.1. The molecule has 1 saturated carbocycles. The van der Waals surface area contributed by atoms with E-state index >= 15 is 0 Å². The Bertz CT molecular complexity index is 1020. The molecule has 1 atom stereocenters. The first-order chi connectivity index (χ1) is 13.6. The van der Waals surface area contributed by atoms with Crippen LogP contribution in [0, 0.1) is 5.41 Å². The van der Waals surface area contributed by atoms with E-state index in [1.807, 2.05) is 42.2 Å². The maximum Gasteiger partial charge on any atom is 0.316 e. The second-order valence-electron chi connectivity index (χ2n) is 8.02. The SMILES string of the molecule is C[C@H](Nc1nnc(-c2cnc3ccccc3c2)o1)C(=O)N1CCC2(CC1)CC2. The van der Waals surface area contributed by atoms with Gasteiger partial charge in [0.2, 0.25) is 5.91 Å². The summed E-state index contributed by atoms with van der Waals surface area (Å²) in [6.07, 6.45) is 6.64. The van der Waals surface area contributed by atoms with Gasteiger partial charge in [-0.05, 0) is 50.2 Å². The van der Waals surface area contributed by atoms with Gasteiger partial charge in [0.25, 0.3) is 5.89 Å². The van der Waals surface area contributed by atoms with E-state index in [-0.39, 0.29) is 11.9 Å². The van der Waals surface area contributed by atoms with Crippen LogP contribution in [-0.2, 0) is 4.79 Å². The monoisotopic (exact) mass is 377 g/mol. The van der Waals surface area contributed by atoms with E-state index in [9.17, 15) is 4.79 Å². The number of fused-ring (bicyclic) bond motifs is 1. The number of carbonyl (C=O) groups is 1. The Morgan fingerprint density at radius 3 is 2.75 bits per heavy atom. The van der Waals surface area contributed by atoms with E-state index < -0.39 is 6.04 Å². The average Bonchev–Trinajstić information content (AvgIpc) is 3.31. The number of rotatable bonds is 4. The van der Waals surface area contributed by atoms with Crippen molar-refractivity contribution in [2.45, 2.75) is 38.6 Å². The molecule has 7 nitrogen and oxygen atoms in total. The number of nitrogens with zero attached hydrogens (tertiary/aromatic N) is 4. The van der Waals surface area contributed by atoms with Crippen LogP contribution in [-0.4, -0.2) is 45.1 Å². The number of aromatic nitrogens is 3. The molecule has 1 aromatic carbocycles. The van der Waals surface area contributed by atoms with E-state index in [1.165, 1.54) is 12.8 Å². The van der Waals surface area contributed by atoms with E-state index in [2.05, 4.69) is 20.5 Å². The minimum Gasteiger partial charge on any atom is -0.403 e. The van der Waals surface area contributed by atoms with Gasteiger partial charge >= 0.3 is 6.01 Å². The van der Waals surface area contributed by atoms with Crippen LogP contribution in [0.15, 0.2) is 40.9 Å². The summed E-state index contributed by atoms with van der Waals surface area (Å²) in [7, 11) is 0. The summed E-state index contributed by atoms with van der Waals surface area (Å²) < 4.78 is 5.73. The van der Waals surface area contributed by atoms with Gasteiger partial charge in [0.15, 0.2) is 0 Å². The van der Waals surface area contributed by atoms with Gasteiger partial charge in [0.1, 0.15) is 6.04 Å². The van der Waals surface area contributed by atoms with Gasteiger partial charge in [0.05, 0.1) is 11.1 Å². The summed E-state index contributed by atoms with van der Waals surface area (Å²) in [6.45, 7) is 3.54. The molecule has 144 valence electrons. The smallest absolute Gasteiger partial charge is 0.316 e. The standard InChI is InChI=1S/C21H23N5O2/c1-14(19(27)26-10-8-21(6-7-21)9-11-26)23-20-25-24-18(28-20)16-12-15-4-2-3-5-17(15)22-13-16/h2-5,12-14H,6-11H2,1H3,(H,23,25)/t14-/m0/s1. The maximum atomic E-state index is 12.7. The summed E-state index contributed by atoms with van der Waals surface area (Å²) in [4.78, 5) is 19.1. The minimum atomic E-state index is -0.406. The lowest BCUT2D eigenvalue weighted by Gasteiger charge is -2.33. The molecule has 2 fully saturated rings. The summed E-state index contributed by atoms with van der Waals surface area (Å²) in [5.74, 6) is 0.469. The van der Waals surface area contributed by atoms with Crippen molar-refractivity contribution in [3.8, 4) is 11.5 Å². The Morgan fingerprint density at radius 2 is 1.96 bits per heavy atom. The maximum absolute atomic E-state index is 12.7. The fraction of sp³-hybridized carbons (Fsp3) is 0.429. The van der Waals surface area contributed by atoms with Gasteiger partial charge in [0, 0.05) is 24.7 Å². The van der Waals surface area contributed by atoms with Crippen LogP contribution < -0.4 is 5.32 Å². The van der Waals surface area contributed by atoms with Crippen LogP contribution in [0.3, 0.4) is 0 Å². The molecule has 1 aliphatic heterocycles. The third-order valence-corrected chi connectivity index (χ3v) is 6.07.